The van der Waals surface area contributed by atoms with E-state index in [1.807, 2.05) is 6.07 Å². The van der Waals surface area contributed by atoms with Crippen LogP contribution in [0.5, 0.6) is 0 Å². The van der Waals surface area contributed by atoms with Crippen LogP contribution in [0.25, 0.3) is 10.3 Å². The second kappa shape index (κ2) is 6.02. The van der Waals surface area contributed by atoms with Crippen LogP contribution >= 0.6 is 11.3 Å². The largest absolute Gasteiger partial charge is 0.433 e. The highest BCUT2D eigenvalue weighted by atomic mass is 32.2. The fourth-order valence-corrected chi connectivity index (χ4v) is 3.18. The second-order valence-corrected chi connectivity index (χ2v) is 6.65. The van der Waals surface area contributed by atoms with Crippen molar-refractivity contribution < 1.29 is 17.6 Å². The Balaban J connectivity index is 1.97. The Morgan fingerprint density at radius 2 is 2.21 bits per heavy atom. The molecule has 6 nitrogen and oxygen atoms in total. The first-order valence-electron chi connectivity index (χ1n) is 5.75. The minimum absolute atomic E-state index is 0.182. The molecule has 0 radical (unpaired) electrons. The summed E-state index contributed by atoms with van der Waals surface area (Å²) in [6.45, 7) is 2.34. The van der Waals surface area contributed by atoms with Gasteiger partial charge in [-0.1, -0.05) is 0 Å². The Bertz CT molecular complexity index is 613. The average Bonchev–Trinajstić information content (AvgIpc) is 2.85. The molecule has 2 rings (SSSR count). The van der Waals surface area contributed by atoms with Crippen LogP contribution in [0.3, 0.4) is 0 Å². The molecule has 0 spiro atoms. The van der Waals surface area contributed by atoms with Gasteiger partial charge in [-0.3, -0.25) is 0 Å². The smallest absolute Gasteiger partial charge is 0.271 e. The molecule has 0 aliphatic heterocycles. The van der Waals surface area contributed by atoms with Gasteiger partial charge in [0.1, 0.15) is 0 Å². The van der Waals surface area contributed by atoms with Gasteiger partial charge in [0.05, 0.1) is 6.61 Å². The lowest BCUT2D eigenvalue weighted by molar-refractivity contribution is 0.199. The van der Waals surface area contributed by atoms with Crippen LogP contribution in [0, 0.1) is 0 Å². The maximum absolute atomic E-state index is 11.1. The first kappa shape index (κ1) is 14.5. The van der Waals surface area contributed by atoms with Crippen LogP contribution in [0.4, 0.5) is 0 Å². The van der Waals surface area contributed by atoms with E-state index in [0.717, 1.165) is 29.8 Å². The van der Waals surface area contributed by atoms with Gasteiger partial charge < -0.3 is 14.5 Å². The zero-order valence-electron chi connectivity index (χ0n) is 10.5. The van der Waals surface area contributed by atoms with Crippen molar-refractivity contribution >= 4 is 31.6 Å². The van der Waals surface area contributed by atoms with E-state index in [2.05, 4.69) is 5.32 Å². The number of rotatable bonds is 7. The lowest BCUT2D eigenvalue weighted by Gasteiger charge is -2.01. The summed E-state index contributed by atoms with van der Waals surface area (Å²) in [5, 5.41) is 8.84. The predicted octanol–water partition coefficient (Wildman–Crippen LogP) is 0.920. The van der Waals surface area contributed by atoms with Crippen molar-refractivity contribution in [1.82, 2.24) is 5.32 Å². The summed E-state index contributed by atoms with van der Waals surface area (Å²) in [7, 11) is -2.10. The molecule has 0 aromatic carbocycles. The van der Waals surface area contributed by atoms with Crippen LogP contribution < -0.4 is 10.5 Å². The molecule has 2 aromatic heterocycles. The molecule has 0 atom stereocenters. The monoisotopic (exact) mass is 304 g/mol. The number of primary sulfonamides is 1. The van der Waals surface area contributed by atoms with E-state index < -0.39 is 10.0 Å². The van der Waals surface area contributed by atoms with Crippen LogP contribution in [0.2, 0.25) is 0 Å². The number of hydrogen-bond donors (Lipinski definition) is 2. The fourth-order valence-electron chi connectivity index (χ4n) is 1.64. The van der Waals surface area contributed by atoms with Crippen molar-refractivity contribution in [3.8, 4) is 0 Å². The maximum Gasteiger partial charge on any atom is 0.271 e. The van der Waals surface area contributed by atoms with Gasteiger partial charge in [-0.05, 0) is 12.5 Å². The number of fused-ring (bicyclic) bond motifs is 1. The van der Waals surface area contributed by atoms with Crippen molar-refractivity contribution in [2.24, 2.45) is 5.14 Å². The molecule has 106 valence electrons. The number of hydrogen-bond acceptors (Lipinski definition) is 6. The van der Waals surface area contributed by atoms with E-state index in [-0.39, 0.29) is 5.09 Å². The van der Waals surface area contributed by atoms with Gasteiger partial charge in [-0.2, -0.15) is 0 Å². The molecule has 8 heteroatoms. The number of furan rings is 1. The van der Waals surface area contributed by atoms with E-state index in [9.17, 15) is 8.42 Å². The van der Waals surface area contributed by atoms with Crippen molar-refractivity contribution in [2.45, 2.75) is 11.5 Å². The van der Waals surface area contributed by atoms with Crippen LogP contribution in [-0.4, -0.2) is 35.2 Å². The summed E-state index contributed by atoms with van der Waals surface area (Å²) in [5.74, 6) is 0. The SMILES string of the molecule is COCCNCCc1cc2cc(S(N)(=O)=O)oc2s1. The Hall–Kier alpha value is -0.930. The summed E-state index contributed by atoms with van der Waals surface area (Å²) in [6.07, 6.45) is 0.864. The van der Waals surface area contributed by atoms with Gasteiger partial charge in [0.25, 0.3) is 10.0 Å². The van der Waals surface area contributed by atoms with E-state index >= 15 is 0 Å². The molecule has 0 saturated carbocycles. The lowest BCUT2D eigenvalue weighted by atomic mass is 10.3. The van der Waals surface area contributed by atoms with Gasteiger partial charge in [0.15, 0.2) is 4.90 Å². The van der Waals surface area contributed by atoms with E-state index in [1.54, 1.807) is 7.11 Å². The van der Waals surface area contributed by atoms with Crippen LogP contribution in [0.15, 0.2) is 21.6 Å². The molecule has 0 unspecified atom stereocenters. The number of thiophene rings is 1. The highest BCUT2D eigenvalue weighted by Crippen LogP contribution is 2.30. The van der Waals surface area contributed by atoms with Crippen LogP contribution in [0.1, 0.15) is 4.88 Å². The normalized spacial score (nSPS) is 12.3. The highest BCUT2D eigenvalue weighted by molar-refractivity contribution is 7.89. The minimum Gasteiger partial charge on any atom is -0.433 e. The van der Waals surface area contributed by atoms with Gasteiger partial charge in [0.2, 0.25) is 5.09 Å². The van der Waals surface area contributed by atoms with Crippen molar-refractivity contribution in [3.63, 3.8) is 0 Å². The van der Waals surface area contributed by atoms with Gasteiger partial charge in [-0.15, -0.1) is 11.3 Å². The number of sulfonamides is 1. The summed E-state index contributed by atoms with van der Waals surface area (Å²) in [4.78, 5) is 1.73. The van der Waals surface area contributed by atoms with Gasteiger partial charge >= 0.3 is 0 Å². The summed E-state index contributed by atoms with van der Waals surface area (Å²) in [6, 6.07) is 3.39. The number of nitrogens with two attached hydrogens (primary N) is 1. The predicted molar refractivity (Wildman–Crippen MR) is 73.9 cm³/mol. The van der Waals surface area contributed by atoms with E-state index in [4.69, 9.17) is 14.3 Å². The second-order valence-electron chi connectivity index (χ2n) is 4.06. The maximum atomic E-state index is 11.1. The van der Waals surface area contributed by atoms with Gasteiger partial charge in [0, 0.05) is 36.5 Å². The van der Waals surface area contributed by atoms with Crippen LogP contribution in [-0.2, 0) is 21.2 Å². The molecule has 0 aliphatic carbocycles. The molecule has 0 aliphatic rings. The fraction of sp³-hybridized carbons (Fsp3) is 0.455. The van der Waals surface area contributed by atoms with Crippen molar-refractivity contribution in [3.05, 3.63) is 17.0 Å². The molecule has 0 bridgehead atoms. The number of ether oxygens (including phenoxy) is 1. The molecular weight excluding hydrogens is 288 g/mol. The Morgan fingerprint density at radius 1 is 1.42 bits per heavy atom. The molecule has 0 fully saturated rings. The lowest BCUT2D eigenvalue weighted by Crippen LogP contribution is -2.21. The zero-order chi connectivity index (χ0) is 13.9. The standard InChI is InChI=1S/C11H16N2O4S2/c1-16-5-4-13-3-2-9-6-8-7-10(19(12,14)15)17-11(8)18-9/h6-7,13H,2-5H2,1H3,(H2,12,14,15). The number of nitrogens with one attached hydrogen (secondary N) is 1. The summed E-state index contributed by atoms with van der Waals surface area (Å²) < 4.78 is 32.4. The molecule has 2 aromatic rings. The summed E-state index contributed by atoms with van der Waals surface area (Å²) >= 11 is 1.44. The minimum atomic E-state index is -3.76. The number of methoxy groups -OCH3 is 1. The molecular formula is C11H16N2O4S2. The topological polar surface area (TPSA) is 94.6 Å². The van der Waals surface area contributed by atoms with E-state index in [1.165, 1.54) is 17.4 Å². The Morgan fingerprint density at radius 3 is 2.84 bits per heavy atom. The van der Waals surface area contributed by atoms with Gasteiger partial charge in [-0.25, -0.2) is 13.6 Å². The van der Waals surface area contributed by atoms with E-state index in [0.29, 0.717) is 11.5 Å². The third-order valence-electron chi connectivity index (χ3n) is 2.55. The third-order valence-corrected chi connectivity index (χ3v) is 4.40. The summed E-state index contributed by atoms with van der Waals surface area (Å²) in [5.41, 5.74) is 0. The zero-order valence-corrected chi connectivity index (χ0v) is 12.1. The Kier molecular flexibility index (Phi) is 4.58. The third kappa shape index (κ3) is 3.77. The quantitative estimate of drug-likeness (QED) is 0.742. The van der Waals surface area contributed by atoms with Crippen molar-refractivity contribution in [1.29, 1.82) is 0 Å². The molecule has 0 amide bonds. The molecule has 2 heterocycles. The highest BCUT2D eigenvalue weighted by Gasteiger charge is 2.16. The average molecular weight is 304 g/mol. The first-order valence-corrected chi connectivity index (χ1v) is 8.11. The molecule has 0 saturated heterocycles. The first-order chi connectivity index (χ1) is 9.00. The molecule has 19 heavy (non-hydrogen) atoms. The molecule has 3 N–H and O–H groups in total. The van der Waals surface area contributed by atoms with Crippen molar-refractivity contribution in [2.75, 3.05) is 26.8 Å². The Labute approximate surface area is 115 Å².